The summed E-state index contributed by atoms with van der Waals surface area (Å²) in [7, 11) is -1.34. The number of rotatable bonds is 7. The predicted molar refractivity (Wildman–Crippen MR) is 250 cm³/mol. The molecule has 0 amide bonds. The Kier molecular flexibility index (Phi) is 11.1. The minimum absolute atomic E-state index is 0. The molecule has 0 aliphatic carbocycles. The summed E-state index contributed by atoms with van der Waals surface area (Å²) < 4.78 is 30.9. The van der Waals surface area contributed by atoms with E-state index in [0.29, 0.717) is 5.56 Å². The van der Waals surface area contributed by atoms with E-state index in [2.05, 4.69) is 150 Å². The van der Waals surface area contributed by atoms with E-state index in [0.717, 1.165) is 66.9 Å². The van der Waals surface area contributed by atoms with E-state index in [1.807, 2.05) is 36.7 Å². The maximum atomic E-state index is 7.35. The number of para-hydroxylation sites is 1. The Morgan fingerprint density at radius 3 is 2.12 bits per heavy atom. The maximum absolute atomic E-state index is 7.35. The van der Waals surface area contributed by atoms with Gasteiger partial charge in [-0.15, -0.1) is 53.1 Å². The van der Waals surface area contributed by atoms with E-state index in [4.69, 9.17) is 18.5 Å². The summed E-state index contributed by atoms with van der Waals surface area (Å²) in [6.45, 7) is 18.1. The normalized spacial score (nSPS) is 12.6. The Bertz CT molecular complexity index is 2970. The first-order chi connectivity index (χ1) is 29.5. The van der Waals surface area contributed by atoms with Gasteiger partial charge in [-0.05, 0) is 76.2 Å². The van der Waals surface area contributed by atoms with Gasteiger partial charge in [0.1, 0.15) is 5.58 Å². The summed E-state index contributed by atoms with van der Waals surface area (Å²) in [6, 6.07) is 43.3. The molecule has 0 fully saturated rings. The number of aromatic nitrogens is 4. The molecule has 0 saturated carbocycles. The van der Waals surface area contributed by atoms with Crippen LogP contribution in [0.1, 0.15) is 71.6 Å². The van der Waals surface area contributed by atoms with Gasteiger partial charge in [0, 0.05) is 47.7 Å². The van der Waals surface area contributed by atoms with Crippen LogP contribution in [-0.2, 0) is 20.1 Å². The summed E-state index contributed by atoms with van der Waals surface area (Å²) in [4.78, 5) is 14.5. The average Bonchev–Trinajstić information content (AvgIpc) is 3.84. The number of benzene rings is 5. The molecule has 4 aromatic heterocycles. The van der Waals surface area contributed by atoms with Gasteiger partial charge in [-0.1, -0.05) is 133 Å². The molecule has 60 heavy (non-hydrogen) atoms. The van der Waals surface area contributed by atoms with Crippen LogP contribution in [0.2, 0.25) is 19.6 Å². The number of fused-ring (bicyclic) bond motifs is 4. The van der Waals surface area contributed by atoms with Crippen molar-refractivity contribution in [2.24, 2.45) is 0 Å². The fraction of sp³-hybridized carbons (Fsp3) is 0.226. The molecule has 7 heteroatoms. The molecule has 0 atom stereocenters. The minimum atomic E-state index is -2.08. The Morgan fingerprint density at radius 2 is 1.48 bits per heavy atom. The smallest absolute Gasteiger partial charge is 0.120 e. The number of nitrogens with zero attached hydrogens (tertiary/aromatic N) is 4. The standard InChI is InChI=1S/C38H34N3O.C15H18NSi.Ir/c1-22(2)30-20-27(26-12-8-7-9-13-26)21-31(23(3)4)36(30)41-35-25(6)39-19-18-32(35)40-38(41)29-17-16-24(5)34-28-14-10-11-15-33(28)42-37(29)34;1-12-5-7-13(8-6-12)15-10-9-14(11-16-15)17(2,3)4;/h7-16,18-23H,1-6H3;5-7,9-11H,1-4H3;/q2*-1;/i;1D3;. The fourth-order valence-electron chi connectivity index (χ4n) is 7.86. The van der Waals surface area contributed by atoms with Crippen LogP contribution in [-0.4, -0.2) is 27.6 Å². The molecule has 5 nitrogen and oxygen atoms in total. The van der Waals surface area contributed by atoms with Gasteiger partial charge in [0.2, 0.25) is 0 Å². The van der Waals surface area contributed by atoms with Gasteiger partial charge in [-0.2, -0.15) is 0 Å². The molecule has 0 unspecified atom stereocenters. The zero-order valence-electron chi connectivity index (χ0n) is 38.7. The van der Waals surface area contributed by atoms with Crippen LogP contribution in [0.15, 0.2) is 126 Å². The molecular formula is C53H52IrN4OSi-2. The van der Waals surface area contributed by atoms with E-state index in [1.165, 1.54) is 39.2 Å². The summed E-state index contributed by atoms with van der Waals surface area (Å²) in [5.74, 6) is 1.37. The average molecular weight is 984 g/mol. The Morgan fingerprint density at radius 1 is 0.767 bits per heavy atom. The molecule has 0 aliphatic rings. The summed E-state index contributed by atoms with van der Waals surface area (Å²) in [5.41, 5.74) is 14.7. The first-order valence-corrected chi connectivity index (χ1v) is 23.9. The third-order valence-electron chi connectivity index (χ3n) is 11.1. The Hall–Kier alpha value is -5.46. The number of hydrogen-bond donors (Lipinski definition) is 0. The third-order valence-corrected chi connectivity index (χ3v) is 13.1. The second kappa shape index (κ2) is 17.3. The number of furan rings is 1. The van der Waals surface area contributed by atoms with Crippen molar-refractivity contribution >= 4 is 46.2 Å². The van der Waals surface area contributed by atoms with Crippen LogP contribution in [0.5, 0.6) is 0 Å². The number of hydrogen-bond acceptors (Lipinski definition) is 4. The monoisotopic (exact) mass is 984 g/mol. The van der Waals surface area contributed by atoms with Gasteiger partial charge in [-0.25, -0.2) is 0 Å². The van der Waals surface area contributed by atoms with Crippen molar-refractivity contribution < 1.29 is 28.6 Å². The number of aryl methyl sites for hydroxylation is 3. The summed E-state index contributed by atoms with van der Waals surface area (Å²) >= 11 is 0. The molecule has 1 radical (unpaired) electrons. The Balaban J connectivity index is 0.000000239. The number of imidazole rings is 1. The molecule has 5 aromatic carbocycles. The van der Waals surface area contributed by atoms with Crippen molar-refractivity contribution in [2.45, 2.75) is 79.9 Å². The van der Waals surface area contributed by atoms with E-state index >= 15 is 0 Å². The molecule has 0 aliphatic heterocycles. The van der Waals surface area contributed by atoms with E-state index < -0.39 is 14.9 Å². The molecule has 9 rings (SSSR count). The van der Waals surface area contributed by atoms with Crippen molar-refractivity contribution in [3.8, 4) is 39.5 Å². The minimum Gasteiger partial charge on any atom is -0.501 e. The summed E-state index contributed by atoms with van der Waals surface area (Å²) in [6.07, 6.45) is 3.77. The van der Waals surface area contributed by atoms with Crippen LogP contribution in [0.3, 0.4) is 0 Å². The molecule has 0 spiro atoms. The summed E-state index contributed by atoms with van der Waals surface area (Å²) in [5, 5.41) is 3.53. The van der Waals surface area contributed by atoms with Gasteiger partial charge in [-0.3, -0.25) is 9.97 Å². The Labute approximate surface area is 373 Å². The SMILES string of the molecule is Cc1c[c-]c(-c2nc3ccnc(C)c3n2-c2c(C(C)C)cc(-c3ccccc3)cc2C(C)C)c2oc3ccccc3c12.[2H]C([2H])([2H])c1c[c-]c(-c2ccc([Si](C)(C)C)cn2)cc1.[Ir]. The van der Waals surface area contributed by atoms with Gasteiger partial charge in [0.05, 0.1) is 36.2 Å². The quantitative estimate of drug-likeness (QED) is 0.118. The van der Waals surface area contributed by atoms with Crippen molar-refractivity contribution in [3.05, 3.63) is 162 Å². The van der Waals surface area contributed by atoms with E-state index in [9.17, 15) is 0 Å². The maximum Gasteiger partial charge on any atom is 0.120 e. The molecule has 0 bridgehead atoms. The van der Waals surface area contributed by atoms with Gasteiger partial charge in [0.25, 0.3) is 0 Å². The topological polar surface area (TPSA) is 56.7 Å². The van der Waals surface area contributed by atoms with Crippen molar-refractivity contribution in [2.75, 3.05) is 0 Å². The second-order valence-electron chi connectivity index (χ2n) is 17.0. The van der Waals surface area contributed by atoms with Crippen LogP contribution < -0.4 is 5.19 Å². The van der Waals surface area contributed by atoms with Crippen molar-refractivity contribution in [1.82, 2.24) is 19.5 Å². The van der Waals surface area contributed by atoms with Crippen LogP contribution in [0.4, 0.5) is 0 Å². The molecule has 305 valence electrons. The zero-order chi connectivity index (χ0) is 44.1. The van der Waals surface area contributed by atoms with Crippen molar-refractivity contribution in [3.63, 3.8) is 0 Å². The van der Waals surface area contributed by atoms with Gasteiger partial charge < -0.3 is 14.0 Å². The van der Waals surface area contributed by atoms with E-state index in [1.54, 1.807) is 12.1 Å². The fourth-order valence-corrected chi connectivity index (χ4v) is 8.90. The van der Waals surface area contributed by atoms with E-state index in [-0.39, 0.29) is 31.9 Å². The zero-order valence-corrected chi connectivity index (χ0v) is 39.1. The molecule has 0 saturated heterocycles. The first-order valence-electron chi connectivity index (χ1n) is 21.9. The van der Waals surface area contributed by atoms with Gasteiger partial charge in [0.15, 0.2) is 0 Å². The van der Waals surface area contributed by atoms with Crippen LogP contribution in [0.25, 0.3) is 72.4 Å². The van der Waals surface area contributed by atoms with Crippen LogP contribution in [0, 0.1) is 32.8 Å². The first kappa shape index (κ1) is 38.7. The predicted octanol–water partition coefficient (Wildman–Crippen LogP) is 13.7. The largest absolute Gasteiger partial charge is 0.501 e. The second-order valence-corrected chi connectivity index (χ2v) is 22.1. The van der Waals surface area contributed by atoms with Crippen molar-refractivity contribution in [1.29, 1.82) is 0 Å². The third kappa shape index (κ3) is 8.19. The molecule has 9 aromatic rings. The molecular weight excluding hydrogens is 929 g/mol. The van der Waals surface area contributed by atoms with Gasteiger partial charge >= 0.3 is 0 Å². The molecule has 0 N–H and O–H groups in total. The number of pyridine rings is 2. The molecule has 4 heterocycles. The van der Waals surface area contributed by atoms with Crippen LogP contribution >= 0.6 is 0 Å².